The van der Waals surface area contributed by atoms with Crippen LogP contribution in [-0.4, -0.2) is 62.5 Å². The highest BCUT2D eigenvalue weighted by atomic mass is 16.5. The minimum Gasteiger partial charge on any atom is -0.493 e. The Morgan fingerprint density at radius 1 is 0.893 bits per heavy atom. The van der Waals surface area contributed by atoms with Gasteiger partial charge < -0.3 is 14.4 Å². The van der Waals surface area contributed by atoms with Crippen molar-refractivity contribution in [1.29, 1.82) is 0 Å². The fraction of sp³-hybridized carbons (Fsp3) is 0.364. The van der Waals surface area contributed by atoms with Crippen molar-refractivity contribution in [2.24, 2.45) is 0 Å². The molecule has 2 aromatic rings. The molecular formula is C22H26N2O4. The minimum absolute atomic E-state index is 0.186. The standard InChI is InChI=1S/C22H26N2O4/c1-23(14-11-16-9-10-19(27-2)20(15-16)28-3)12-6-13-24-21(25)17-7-4-5-8-18(17)22(24)26/h4-5,7-10,15H,6,11-14H2,1-3H3. The quantitative estimate of drug-likeness (QED) is 0.624. The monoisotopic (exact) mass is 382 g/mol. The summed E-state index contributed by atoms with van der Waals surface area (Å²) in [5.74, 6) is 1.08. The third-order valence-electron chi connectivity index (χ3n) is 5.03. The fourth-order valence-electron chi connectivity index (χ4n) is 3.41. The number of fused-ring (bicyclic) bond motifs is 1. The van der Waals surface area contributed by atoms with Gasteiger partial charge in [-0.15, -0.1) is 0 Å². The van der Waals surface area contributed by atoms with Crippen LogP contribution in [-0.2, 0) is 6.42 Å². The van der Waals surface area contributed by atoms with Crippen molar-refractivity contribution in [3.05, 3.63) is 59.2 Å². The average molecular weight is 382 g/mol. The second kappa shape index (κ2) is 8.89. The highest BCUT2D eigenvalue weighted by Crippen LogP contribution is 2.27. The topological polar surface area (TPSA) is 59.1 Å². The molecule has 0 unspecified atom stereocenters. The molecule has 0 bridgehead atoms. The molecule has 0 fully saturated rings. The van der Waals surface area contributed by atoms with E-state index in [1.54, 1.807) is 38.5 Å². The van der Waals surface area contributed by atoms with Crippen molar-refractivity contribution >= 4 is 11.8 Å². The highest BCUT2D eigenvalue weighted by Gasteiger charge is 2.34. The number of ether oxygens (including phenoxy) is 2. The number of carbonyl (C=O) groups excluding carboxylic acids is 2. The number of likely N-dealkylation sites (N-methyl/N-ethyl adjacent to an activating group) is 1. The number of methoxy groups -OCH3 is 2. The minimum atomic E-state index is -0.186. The molecular weight excluding hydrogens is 356 g/mol. The van der Waals surface area contributed by atoms with Crippen LogP contribution in [0.2, 0.25) is 0 Å². The van der Waals surface area contributed by atoms with Crippen LogP contribution in [0.3, 0.4) is 0 Å². The number of amides is 2. The van der Waals surface area contributed by atoms with Crippen LogP contribution >= 0.6 is 0 Å². The fourth-order valence-corrected chi connectivity index (χ4v) is 3.41. The van der Waals surface area contributed by atoms with E-state index in [4.69, 9.17) is 9.47 Å². The number of nitrogens with zero attached hydrogens (tertiary/aromatic N) is 2. The van der Waals surface area contributed by atoms with Gasteiger partial charge in [-0.25, -0.2) is 0 Å². The van der Waals surface area contributed by atoms with Crippen LogP contribution in [0.4, 0.5) is 0 Å². The van der Waals surface area contributed by atoms with Crippen LogP contribution in [0.5, 0.6) is 11.5 Å². The lowest BCUT2D eigenvalue weighted by atomic mass is 10.1. The Hall–Kier alpha value is -2.86. The van der Waals surface area contributed by atoms with Crippen molar-refractivity contribution in [2.75, 3.05) is 40.9 Å². The lowest BCUT2D eigenvalue weighted by molar-refractivity contribution is 0.0648. The molecule has 0 radical (unpaired) electrons. The highest BCUT2D eigenvalue weighted by molar-refractivity contribution is 6.21. The zero-order valence-corrected chi connectivity index (χ0v) is 16.6. The zero-order valence-electron chi connectivity index (χ0n) is 16.6. The van der Waals surface area contributed by atoms with Crippen molar-refractivity contribution < 1.29 is 19.1 Å². The Kier molecular flexibility index (Phi) is 6.31. The summed E-state index contributed by atoms with van der Waals surface area (Å²) in [6, 6.07) is 12.9. The normalized spacial score (nSPS) is 13.2. The third kappa shape index (κ3) is 4.17. The molecule has 0 N–H and O–H groups in total. The van der Waals surface area contributed by atoms with E-state index in [1.165, 1.54) is 10.5 Å². The van der Waals surface area contributed by atoms with E-state index in [1.807, 2.05) is 25.2 Å². The summed E-state index contributed by atoms with van der Waals surface area (Å²) in [5, 5.41) is 0. The van der Waals surface area contributed by atoms with Gasteiger partial charge in [0.25, 0.3) is 11.8 Å². The predicted molar refractivity (Wildman–Crippen MR) is 107 cm³/mol. The Balaban J connectivity index is 1.46. The molecule has 0 aliphatic carbocycles. The molecule has 0 spiro atoms. The van der Waals surface area contributed by atoms with Gasteiger partial charge >= 0.3 is 0 Å². The van der Waals surface area contributed by atoms with Gasteiger partial charge in [-0.1, -0.05) is 18.2 Å². The maximum Gasteiger partial charge on any atom is 0.261 e. The van der Waals surface area contributed by atoms with Gasteiger partial charge in [-0.2, -0.15) is 0 Å². The van der Waals surface area contributed by atoms with Gasteiger partial charge in [0.1, 0.15) is 0 Å². The molecule has 1 aliphatic heterocycles. The molecule has 1 heterocycles. The summed E-state index contributed by atoms with van der Waals surface area (Å²) in [4.78, 5) is 28.3. The molecule has 0 atom stereocenters. The van der Waals surface area contributed by atoms with Gasteiger partial charge in [0.2, 0.25) is 0 Å². The SMILES string of the molecule is COc1ccc(CCN(C)CCCN2C(=O)c3ccccc3C2=O)cc1OC. The second-order valence-electron chi connectivity index (χ2n) is 6.90. The smallest absolute Gasteiger partial charge is 0.261 e. The predicted octanol–water partition coefficient (Wildman–Crippen LogP) is 2.86. The second-order valence-corrected chi connectivity index (χ2v) is 6.90. The summed E-state index contributed by atoms with van der Waals surface area (Å²) in [5.41, 5.74) is 2.19. The first-order valence-electron chi connectivity index (χ1n) is 9.40. The average Bonchev–Trinajstić information content (AvgIpc) is 2.97. The molecule has 28 heavy (non-hydrogen) atoms. The van der Waals surface area contributed by atoms with E-state index in [0.717, 1.165) is 37.4 Å². The lowest BCUT2D eigenvalue weighted by Crippen LogP contribution is -2.33. The molecule has 148 valence electrons. The van der Waals surface area contributed by atoms with E-state index in [0.29, 0.717) is 17.7 Å². The van der Waals surface area contributed by atoms with E-state index < -0.39 is 0 Å². The van der Waals surface area contributed by atoms with Crippen LogP contribution in [0.1, 0.15) is 32.7 Å². The molecule has 6 heteroatoms. The van der Waals surface area contributed by atoms with E-state index >= 15 is 0 Å². The van der Waals surface area contributed by atoms with E-state index in [-0.39, 0.29) is 11.8 Å². The largest absolute Gasteiger partial charge is 0.493 e. The van der Waals surface area contributed by atoms with Crippen molar-refractivity contribution in [3.63, 3.8) is 0 Å². The summed E-state index contributed by atoms with van der Waals surface area (Å²) in [7, 11) is 5.30. The van der Waals surface area contributed by atoms with Crippen molar-refractivity contribution in [1.82, 2.24) is 9.80 Å². The maximum atomic E-state index is 12.4. The number of hydrogen-bond donors (Lipinski definition) is 0. The van der Waals surface area contributed by atoms with Gasteiger partial charge in [0.15, 0.2) is 11.5 Å². The molecule has 0 aromatic heterocycles. The third-order valence-corrected chi connectivity index (χ3v) is 5.03. The van der Waals surface area contributed by atoms with Crippen LogP contribution in [0.15, 0.2) is 42.5 Å². The first-order chi connectivity index (χ1) is 13.5. The maximum absolute atomic E-state index is 12.4. The van der Waals surface area contributed by atoms with E-state index in [2.05, 4.69) is 4.90 Å². The van der Waals surface area contributed by atoms with Gasteiger partial charge in [-0.3, -0.25) is 14.5 Å². The summed E-state index contributed by atoms with van der Waals surface area (Å²) in [6.07, 6.45) is 1.62. The number of hydrogen-bond acceptors (Lipinski definition) is 5. The number of imide groups is 1. The first-order valence-corrected chi connectivity index (χ1v) is 9.40. The summed E-state index contributed by atoms with van der Waals surface area (Å²) < 4.78 is 10.6. The Morgan fingerprint density at radius 3 is 2.14 bits per heavy atom. The number of rotatable bonds is 9. The van der Waals surface area contributed by atoms with Gasteiger partial charge in [0, 0.05) is 13.1 Å². The van der Waals surface area contributed by atoms with Crippen LogP contribution in [0.25, 0.3) is 0 Å². The Morgan fingerprint density at radius 2 is 1.54 bits per heavy atom. The van der Waals surface area contributed by atoms with Crippen LogP contribution in [0, 0.1) is 0 Å². The lowest BCUT2D eigenvalue weighted by Gasteiger charge is -2.19. The Labute approximate surface area is 165 Å². The molecule has 6 nitrogen and oxygen atoms in total. The molecule has 0 saturated heterocycles. The number of carbonyl (C=O) groups is 2. The Bertz CT molecular complexity index is 830. The molecule has 0 saturated carbocycles. The van der Waals surface area contributed by atoms with Gasteiger partial charge in [-0.05, 0) is 56.3 Å². The van der Waals surface area contributed by atoms with E-state index in [9.17, 15) is 9.59 Å². The van der Waals surface area contributed by atoms with Crippen LogP contribution < -0.4 is 9.47 Å². The molecule has 2 amide bonds. The molecule has 1 aliphatic rings. The van der Waals surface area contributed by atoms with Crippen molar-refractivity contribution in [3.8, 4) is 11.5 Å². The first kappa shape index (κ1) is 19.9. The molecule has 2 aromatic carbocycles. The molecule has 3 rings (SSSR count). The van der Waals surface area contributed by atoms with Crippen molar-refractivity contribution in [2.45, 2.75) is 12.8 Å². The number of benzene rings is 2. The van der Waals surface area contributed by atoms with Gasteiger partial charge in [0.05, 0.1) is 25.3 Å². The zero-order chi connectivity index (χ0) is 20.1. The summed E-state index contributed by atoms with van der Waals surface area (Å²) in [6.45, 7) is 2.12. The summed E-state index contributed by atoms with van der Waals surface area (Å²) >= 11 is 0.